The molecule has 0 aliphatic carbocycles. The fraction of sp³-hybridized carbons (Fsp3) is 0.500. The summed E-state index contributed by atoms with van der Waals surface area (Å²) in [5.41, 5.74) is 0.993. The maximum absolute atomic E-state index is 11.3. The average molecular weight is 255 g/mol. The monoisotopic (exact) mass is 254 g/mol. The van der Waals surface area contributed by atoms with Gasteiger partial charge in [-0.3, -0.25) is 4.79 Å². The van der Waals surface area contributed by atoms with E-state index in [9.17, 15) is 9.90 Å². The fourth-order valence-corrected chi connectivity index (χ4v) is 2.32. The van der Waals surface area contributed by atoms with E-state index in [1.807, 2.05) is 25.1 Å². The summed E-state index contributed by atoms with van der Waals surface area (Å²) in [4.78, 5) is 11.3. The van der Waals surface area contributed by atoms with Gasteiger partial charge in [-0.15, -0.1) is 0 Å². The molecule has 2 nitrogen and oxygen atoms in total. The van der Waals surface area contributed by atoms with E-state index in [-0.39, 0.29) is 11.8 Å². The van der Waals surface area contributed by atoms with Gasteiger partial charge in [0.2, 0.25) is 0 Å². The van der Waals surface area contributed by atoms with Crippen LogP contribution in [-0.2, 0) is 11.2 Å². The molecule has 94 valence electrons. The van der Waals surface area contributed by atoms with E-state index >= 15 is 0 Å². The molecule has 1 aromatic rings. The van der Waals surface area contributed by atoms with Crippen LogP contribution in [0, 0.1) is 11.8 Å². The molecule has 0 fully saturated rings. The number of halogens is 1. The van der Waals surface area contributed by atoms with Crippen LogP contribution < -0.4 is 0 Å². The first-order chi connectivity index (χ1) is 8.04. The molecule has 3 heteroatoms. The second kappa shape index (κ2) is 6.65. The number of carboxylic acids is 1. The lowest BCUT2D eigenvalue weighted by Crippen LogP contribution is -2.23. The van der Waals surface area contributed by atoms with Gasteiger partial charge in [0.1, 0.15) is 0 Å². The molecule has 2 atom stereocenters. The quantitative estimate of drug-likeness (QED) is 0.833. The van der Waals surface area contributed by atoms with Gasteiger partial charge in [0.25, 0.3) is 0 Å². The van der Waals surface area contributed by atoms with Gasteiger partial charge >= 0.3 is 5.97 Å². The largest absolute Gasteiger partial charge is 0.481 e. The van der Waals surface area contributed by atoms with Crippen molar-refractivity contribution in [1.82, 2.24) is 0 Å². The number of carboxylic acid groups (broad SMARTS) is 1. The van der Waals surface area contributed by atoms with Crippen LogP contribution in [0.1, 0.15) is 32.3 Å². The molecule has 1 rings (SSSR count). The highest BCUT2D eigenvalue weighted by Gasteiger charge is 2.24. The Hall–Kier alpha value is -1.02. The Kier molecular flexibility index (Phi) is 5.49. The topological polar surface area (TPSA) is 37.3 Å². The normalized spacial score (nSPS) is 14.3. The van der Waals surface area contributed by atoms with Gasteiger partial charge in [-0.2, -0.15) is 0 Å². The van der Waals surface area contributed by atoms with Gasteiger partial charge < -0.3 is 5.11 Å². The van der Waals surface area contributed by atoms with Crippen LogP contribution in [0.3, 0.4) is 0 Å². The highest BCUT2D eigenvalue weighted by molar-refractivity contribution is 6.30. The first-order valence-corrected chi connectivity index (χ1v) is 6.39. The van der Waals surface area contributed by atoms with E-state index in [0.717, 1.165) is 18.4 Å². The number of benzene rings is 1. The molecule has 0 aliphatic heterocycles. The Labute approximate surface area is 108 Å². The number of hydrogen-bond donors (Lipinski definition) is 1. The molecule has 0 radical (unpaired) electrons. The Bertz CT molecular complexity index is 376. The summed E-state index contributed by atoms with van der Waals surface area (Å²) in [7, 11) is 0. The van der Waals surface area contributed by atoms with Crippen molar-refractivity contribution in [3.63, 3.8) is 0 Å². The maximum atomic E-state index is 11.3. The third-order valence-electron chi connectivity index (χ3n) is 3.09. The van der Waals surface area contributed by atoms with Crippen LogP contribution in [0.15, 0.2) is 24.3 Å². The van der Waals surface area contributed by atoms with Crippen molar-refractivity contribution in [3.8, 4) is 0 Å². The Balaban J connectivity index is 2.76. The molecule has 0 heterocycles. The molecule has 0 saturated heterocycles. The molecular formula is C14H19ClO2. The summed E-state index contributed by atoms with van der Waals surface area (Å²) in [5, 5.41) is 9.93. The minimum absolute atomic E-state index is 0.191. The van der Waals surface area contributed by atoms with Crippen molar-refractivity contribution in [2.24, 2.45) is 11.8 Å². The van der Waals surface area contributed by atoms with Crippen molar-refractivity contribution < 1.29 is 9.90 Å². The molecular weight excluding hydrogens is 236 g/mol. The summed E-state index contributed by atoms with van der Waals surface area (Å²) in [6.45, 7) is 4.08. The van der Waals surface area contributed by atoms with Gasteiger partial charge in [-0.25, -0.2) is 0 Å². The summed E-state index contributed by atoms with van der Waals surface area (Å²) in [6, 6.07) is 7.44. The number of aliphatic carboxylic acids is 1. The lowest BCUT2D eigenvalue weighted by Gasteiger charge is -2.19. The molecule has 0 aliphatic rings. The van der Waals surface area contributed by atoms with Crippen LogP contribution in [0.25, 0.3) is 0 Å². The number of hydrogen-bond acceptors (Lipinski definition) is 1. The lowest BCUT2D eigenvalue weighted by molar-refractivity contribution is -0.143. The van der Waals surface area contributed by atoms with Crippen molar-refractivity contribution in [3.05, 3.63) is 34.9 Å². The SMILES string of the molecule is CCCC(C)C(Cc1cccc(Cl)c1)C(=O)O. The van der Waals surface area contributed by atoms with E-state index in [2.05, 4.69) is 6.92 Å². The van der Waals surface area contributed by atoms with Crippen molar-refractivity contribution in [1.29, 1.82) is 0 Å². The Morgan fingerprint density at radius 1 is 1.47 bits per heavy atom. The minimum Gasteiger partial charge on any atom is -0.481 e. The third kappa shape index (κ3) is 4.39. The Morgan fingerprint density at radius 2 is 2.18 bits per heavy atom. The van der Waals surface area contributed by atoms with E-state index < -0.39 is 5.97 Å². The predicted molar refractivity (Wildman–Crippen MR) is 70.4 cm³/mol. The highest BCUT2D eigenvalue weighted by atomic mass is 35.5. The fourth-order valence-electron chi connectivity index (χ4n) is 2.11. The molecule has 0 spiro atoms. The molecule has 1 aromatic carbocycles. The van der Waals surface area contributed by atoms with E-state index in [0.29, 0.717) is 11.4 Å². The smallest absolute Gasteiger partial charge is 0.307 e. The Morgan fingerprint density at radius 3 is 2.71 bits per heavy atom. The minimum atomic E-state index is -0.717. The first-order valence-electron chi connectivity index (χ1n) is 6.01. The average Bonchev–Trinajstić information content (AvgIpc) is 2.26. The highest BCUT2D eigenvalue weighted by Crippen LogP contribution is 2.23. The third-order valence-corrected chi connectivity index (χ3v) is 3.33. The number of carbonyl (C=O) groups is 1. The van der Waals surface area contributed by atoms with Crippen LogP contribution in [0.5, 0.6) is 0 Å². The molecule has 17 heavy (non-hydrogen) atoms. The second-order valence-corrected chi connectivity index (χ2v) is 4.98. The lowest BCUT2D eigenvalue weighted by atomic mass is 9.85. The van der Waals surface area contributed by atoms with Crippen LogP contribution in [-0.4, -0.2) is 11.1 Å². The zero-order valence-corrected chi connectivity index (χ0v) is 11.1. The van der Waals surface area contributed by atoms with Crippen molar-refractivity contribution in [2.45, 2.75) is 33.1 Å². The molecule has 0 bridgehead atoms. The van der Waals surface area contributed by atoms with E-state index in [4.69, 9.17) is 11.6 Å². The molecule has 0 amide bonds. The van der Waals surface area contributed by atoms with Gasteiger partial charge in [-0.1, -0.05) is 50.4 Å². The van der Waals surface area contributed by atoms with Crippen molar-refractivity contribution in [2.75, 3.05) is 0 Å². The molecule has 1 N–H and O–H groups in total. The van der Waals surface area contributed by atoms with Crippen LogP contribution in [0.4, 0.5) is 0 Å². The molecule has 0 saturated carbocycles. The maximum Gasteiger partial charge on any atom is 0.307 e. The second-order valence-electron chi connectivity index (χ2n) is 4.54. The summed E-state index contributed by atoms with van der Waals surface area (Å²) >= 11 is 5.90. The van der Waals surface area contributed by atoms with E-state index in [1.54, 1.807) is 6.07 Å². The van der Waals surface area contributed by atoms with Crippen LogP contribution >= 0.6 is 11.6 Å². The molecule has 0 aromatic heterocycles. The van der Waals surface area contributed by atoms with E-state index in [1.165, 1.54) is 0 Å². The zero-order valence-electron chi connectivity index (χ0n) is 10.3. The summed E-state index contributed by atoms with van der Waals surface area (Å²) in [6.07, 6.45) is 2.51. The summed E-state index contributed by atoms with van der Waals surface area (Å²) in [5.74, 6) is -0.851. The van der Waals surface area contributed by atoms with Gasteiger partial charge in [0.15, 0.2) is 0 Å². The number of rotatable bonds is 6. The standard InChI is InChI=1S/C14H19ClO2/c1-3-5-10(2)13(14(16)17)9-11-6-4-7-12(15)8-11/h4,6-8,10,13H,3,5,9H2,1-2H3,(H,16,17). The zero-order chi connectivity index (χ0) is 12.8. The summed E-state index contributed by atoms with van der Waals surface area (Å²) < 4.78 is 0. The first kappa shape index (κ1) is 14.0. The predicted octanol–water partition coefficient (Wildman–Crippen LogP) is 4.02. The van der Waals surface area contributed by atoms with Gasteiger partial charge in [-0.05, 0) is 30.0 Å². The van der Waals surface area contributed by atoms with Crippen LogP contribution in [0.2, 0.25) is 5.02 Å². The molecule has 2 unspecified atom stereocenters. The van der Waals surface area contributed by atoms with Gasteiger partial charge in [0, 0.05) is 5.02 Å². The van der Waals surface area contributed by atoms with Gasteiger partial charge in [0.05, 0.1) is 5.92 Å². The van der Waals surface area contributed by atoms with Crippen molar-refractivity contribution >= 4 is 17.6 Å².